The third kappa shape index (κ3) is 1.80. The van der Waals surface area contributed by atoms with E-state index in [1.54, 1.807) is 17.9 Å². The Morgan fingerprint density at radius 2 is 2.38 bits per heavy atom. The Morgan fingerprint density at radius 1 is 1.62 bits per heavy atom. The van der Waals surface area contributed by atoms with Crippen LogP contribution in [-0.2, 0) is 4.79 Å². The van der Waals surface area contributed by atoms with Crippen LogP contribution in [0.25, 0.3) is 0 Å². The maximum absolute atomic E-state index is 13.1. The van der Waals surface area contributed by atoms with Gasteiger partial charge in [-0.25, -0.2) is 4.39 Å². The Morgan fingerprint density at radius 3 is 3.06 bits per heavy atom. The van der Waals surface area contributed by atoms with Crippen molar-refractivity contribution < 1.29 is 14.3 Å². The molecule has 0 aliphatic carbocycles. The van der Waals surface area contributed by atoms with Gasteiger partial charge < -0.3 is 10.0 Å². The monoisotopic (exact) mass is 223 g/mol. The summed E-state index contributed by atoms with van der Waals surface area (Å²) >= 11 is 0. The second-order valence-electron chi connectivity index (χ2n) is 3.91. The number of carbonyl (C=O) groups is 1. The summed E-state index contributed by atoms with van der Waals surface area (Å²) in [4.78, 5) is 13.3. The molecule has 0 spiro atoms. The number of halogens is 1. The zero-order chi connectivity index (χ0) is 11.7. The molecule has 1 aliphatic heterocycles. The molecule has 1 aliphatic rings. The summed E-state index contributed by atoms with van der Waals surface area (Å²) in [6, 6.07) is 4.17. The number of carbonyl (C=O) groups excluding carboxylic acids is 1. The molecule has 16 heavy (non-hydrogen) atoms. The first-order valence-corrected chi connectivity index (χ1v) is 5.41. The van der Waals surface area contributed by atoms with Gasteiger partial charge in [0.2, 0.25) is 5.91 Å². The average Bonchev–Trinajstić information content (AvgIpc) is 2.29. The quantitative estimate of drug-likeness (QED) is 0.791. The fourth-order valence-corrected chi connectivity index (χ4v) is 2.02. The highest BCUT2D eigenvalue weighted by atomic mass is 19.1. The van der Waals surface area contributed by atoms with Crippen molar-refractivity contribution in [2.75, 3.05) is 11.4 Å². The first-order valence-electron chi connectivity index (χ1n) is 5.41. The van der Waals surface area contributed by atoms with E-state index >= 15 is 0 Å². The van der Waals surface area contributed by atoms with Crippen LogP contribution in [0.5, 0.6) is 0 Å². The van der Waals surface area contributed by atoms with E-state index in [9.17, 15) is 14.3 Å². The molecule has 1 unspecified atom stereocenters. The molecular formula is C12H14FNO2. The summed E-state index contributed by atoms with van der Waals surface area (Å²) in [5.74, 6) is -0.386. The Hall–Kier alpha value is -1.42. The summed E-state index contributed by atoms with van der Waals surface area (Å²) in [7, 11) is 0. The summed E-state index contributed by atoms with van der Waals surface area (Å²) < 4.78 is 13.1. The fourth-order valence-electron chi connectivity index (χ4n) is 2.02. The molecule has 3 nitrogen and oxygen atoms in total. The van der Waals surface area contributed by atoms with Gasteiger partial charge in [-0.05, 0) is 24.6 Å². The topological polar surface area (TPSA) is 40.5 Å². The number of aliphatic hydroxyl groups is 1. The molecule has 86 valence electrons. The zero-order valence-electron chi connectivity index (χ0n) is 9.11. The van der Waals surface area contributed by atoms with Gasteiger partial charge in [0.25, 0.3) is 0 Å². The van der Waals surface area contributed by atoms with Gasteiger partial charge in [0, 0.05) is 24.2 Å². The second kappa shape index (κ2) is 4.22. The Balaban J connectivity index is 2.44. The van der Waals surface area contributed by atoms with E-state index in [0.717, 1.165) is 0 Å². The molecule has 1 N–H and O–H groups in total. The number of aliphatic hydroxyl groups excluding tert-OH is 1. The molecule has 1 amide bonds. The number of hydrogen-bond donors (Lipinski definition) is 1. The number of anilines is 1. The van der Waals surface area contributed by atoms with Gasteiger partial charge in [-0.3, -0.25) is 4.79 Å². The normalized spacial score (nSPS) is 19.4. The number of rotatable bonds is 1. The van der Waals surface area contributed by atoms with Crippen LogP contribution in [0.1, 0.15) is 31.4 Å². The first kappa shape index (κ1) is 11.1. The highest BCUT2D eigenvalue weighted by Gasteiger charge is 2.26. The molecule has 0 fully saturated rings. The van der Waals surface area contributed by atoms with E-state index in [0.29, 0.717) is 30.6 Å². The van der Waals surface area contributed by atoms with E-state index in [4.69, 9.17) is 0 Å². The molecule has 1 aromatic carbocycles. The van der Waals surface area contributed by atoms with Crippen LogP contribution in [0.2, 0.25) is 0 Å². The first-order chi connectivity index (χ1) is 7.63. The lowest BCUT2D eigenvalue weighted by Crippen LogP contribution is -2.36. The molecule has 0 saturated heterocycles. The summed E-state index contributed by atoms with van der Waals surface area (Å²) in [6.07, 6.45) is 0.196. The van der Waals surface area contributed by atoms with E-state index in [1.807, 2.05) is 0 Å². The van der Waals surface area contributed by atoms with Crippen LogP contribution in [0.3, 0.4) is 0 Å². The van der Waals surface area contributed by atoms with Crippen molar-refractivity contribution >= 4 is 11.6 Å². The molecular weight excluding hydrogens is 209 g/mol. The predicted molar refractivity (Wildman–Crippen MR) is 58.6 cm³/mol. The highest BCUT2D eigenvalue weighted by molar-refractivity contribution is 5.94. The van der Waals surface area contributed by atoms with E-state index in [2.05, 4.69) is 0 Å². The van der Waals surface area contributed by atoms with Crippen LogP contribution in [0.15, 0.2) is 18.2 Å². The molecule has 1 atom stereocenters. The van der Waals surface area contributed by atoms with Crippen LogP contribution >= 0.6 is 0 Å². The molecule has 4 heteroatoms. The lowest BCUT2D eigenvalue weighted by molar-refractivity contribution is -0.118. The largest absolute Gasteiger partial charge is 0.388 e. The highest BCUT2D eigenvalue weighted by Crippen LogP contribution is 2.34. The maximum atomic E-state index is 13.1. The van der Waals surface area contributed by atoms with Crippen LogP contribution in [0, 0.1) is 5.82 Å². The van der Waals surface area contributed by atoms with Gasteiger partial charge in [0.05, 0.1) is 6.10 Å². The lowest BCUT2D eigenvalue weighted by Gasteiger charge is -2.32. The smallest absolute Gasteiger partial charge is 0.226 e. The van der Waals surface area contributed by atoms with Crippen molar-refractivity contribution in [3.05, 3.63) is 29.6 Å². The number of nitrogens with zero attached hydrogens (tertiary/aromatic N) is 1. The van der Waals surface area contributed by atoms with Gasteiger partial charge in [-0.15, -0.1) is 0 Å². The summed E-state index contributed by atoms with van der Waals surface area (Å²) in [5.41, 5.74) is 1.14. The molecule has 0 aromatic heterocycles. The van der Waals surface area contributed by atoms with E-state index < -0.39 is 6.10 Å². The molecule has 0 radical (unpaired) electrons. The van der Waals surface area contributed by atoms with Gasteiger partial charge in [0.15, 0.2) is 0 Å². The minimum atomic E-state index is -0.674. The van der Waals surface area contributed by atoms with Crippen molar-refractivity contribution in [2.24, 2.45) is 0 Å². The van der Waals surface area contributed by atoms with E-state index in [1.165, 1.54) is 12.1 Å². The fraction of sp³-hybridized carbons (Fsp3) is 0.417. The van der Waals surface area contributed by atoms with Crippen molar-refractivity contribution in [3.63, 3.8) is 0 Å². The van der Waals surface area contributed by atoms with Crippen molar-refractivity contribution in [2.45, 2.75) is 25.9 Å². The Kier molecular flexibility index (Phi) is 2.92. The van der Waals surface area contributed by atoms with Crippen molar-refractivity contribution in [1.82, 2.24) is 0 Å². The van der Waals surface area contributed by atoms with Gasteiger partial charge >= 0.3 is 0 Å². The van der Waals surface area contributed by atoms with Crippen molar-refractivity contribution in [1.29, 1.82) is 0 Å². The summed E-state index contributed by atoms with van der Waals surface area (Å²) in [5, 5.41) is 9.75. The Bertz CT molecular complexity index is 419. The van der Waals surface area contributed by atoms with Gasteiger partial charge in [0.1, 0.15) is 5.82 Å². The van der Waals surface area contributed by atoms with Crippen LogP contribution < -0.4 is 4.90 Å². The predicted octanol–water partition coefficient (Wildman–Crippen LogP) is 2.01. The number of amides is 1. The lowest BCUT2D eigenvalue weighted by atomic mass is 9.98. The standard InChI is InChI=1S/C12H14FNO2/c1-2-12(16)14-6-5-11(15)9-7-8(13)3-4-10(9)14/h3-4,7,11,15H,2,5-6H2,1H3. The zero-order valence-corrected chi connectivity index (χ0v) is 9.11. The molecule has 0 saturated carbocycles. The van der Waals surface area contributed by atoms with Crippen LogP contribution in [0.4, 0.5) is 10.1 Å². The molecule has 1 heterocycles. The third-order valence-corrected chi connectivity index (χ3v) is 2.87. The van der Waals surface area contributed by atoms with Crippen LogP contribution in [-0.4, -0.2) is 17.6 Å². The molecule has 0 bridgehead atoms. The second-order valence-corrected chi connectivity index (χ2v) is 3.91. The Labute approximate surface area is 93.5 Å². The maximum Gasteiger partial charge on any atom is 0.226 e. The minimum absolute atomic E-state index is 0.000224. The van der Waals surface area contributed by atoms with E-state index in [-0.39, 0.29) is 11.7 Å². The number of hydrogen-bond acceptors (Lipinski definition) is 2. The summed E-state index contributed by atoms with van der Waals surface area (Å²) in [6.45, 7) is 2.28. The van der Waals surface area contributed by atoms with Gasteiger partial charge in [-0.2, -0.15) is 0 Å². The van der Waals surface area contributed by atoms with Gasteiger partial charge in [-0.1, -0.05) is 6.92 Å². The average molecular weight is 223 g/mol. The number of fused-ring (bicyclic) bond motifs is 1. The molecule has 2 rings (SSSR count). The molecule has 1 aromatic rings. The van der Waals surface area contributed by atoms with Crippen molar-refractivity contribution in [3.8, 4) is 0 Å². The SMILES string of the molecule is CCC(=O)N1CCC(O)c2cc(F)ccc21. The minimum Gasteiger partial charge on any atom is -0.388 e. The number of benzene rings is 1. The third-order valence-electron chi connectivity index (χ3n) is 2.87.